The molecule has 3 amide bonds. The van der Waals surface area contributed by atoms with E-state index in [1.54, 1.807) is 4.90 Å². The molecule has 1 aromatic carbocycles. The summed E-state index contributed by atoms with van der Waals surface area (Å²) in [6.07, 6.45) is 1.54. The highest BCUT2D eigenvalue weighted by molar-refractivity contribution is 6.13. The van der Waals surface area contributed by atoms with Crippen molar-refractivity contribution in [3.8, 4) is 0 Å². The number of hydrogen-bond donors (Lipinski definition) is 1. The largest absolute Gasteiger partial charge is 0.299 e. The maximum atomic E-state index is 12.9. The number of benzene rings is 1. The lowest BCUT2D eigenvalue weighted by Gasteiger charge is -2.31. The Bertz CT molecular complexity index is 678. The van der Waals surface area contributed by atoms with Gasteiger partial charge in [0.1, 0.15) is 6.04 Å². The number of anilines is 1. The Balaban J connectivity index is 2.06. The summed E-state index contributed by atoms with van der Waals surface area (Å²) in [5.41, 5.74) is 2.27. The van der Waals surface area contributed by atoms with Crippen molar-refractivity contribution in [3.05, 3.63) is 29.3 Å². The third-order valence-electron chi connectivity index (χ3n) is 4.68. The lowest BCUT2D eigenvalue weighted by molar-refractivity contribution is -0.136. The molecule has 0 aromatic heterocycles. The van der Waals surface area contributed by atoms with E-state index in [-0.39, 0.29) is 24.1 Å². The molecule has 1 unspecified atom stereocenters. The molecule has 5 heteroatoms. The van der Waals surface area contributed by atoms with Crippen LogP contribution in [0.1, 0.15) is 44.7 Å². The van der Waals surface area contributed by atoms with Crippen LogP contribution in [0.4, 0.5) is 5.69 Å². The first kappa shape index (κ1) is 14.8. The highest BCUT2D eigenvalue weighted by Crippen LogP contribution is 2.43. The number of amides is 3. The fourth-order valence-electron chi connectivity index (χ4n) is 3.28. The molecule has 0 radical (unpaired) electrons. The Kier molecular flexibility index (Phi) is 3.31. The summed E-state index contributed by atoms with van der Waals surface area (Å²) in [6.45, 7) is 5.85. The highest BCUT2D eigenvalue weighted by atomic mass is 16.2. The van der Waals surface area contributed by atoms with E-state index >= 15 is 0 Å². The molecule has 1 aromatic rings. The lowest BCUT2D eigenvalue weighted by atomic mass is 9.85. The number of hydrogen-bond acceptors (Lipinski definition) is 3. The molecular weight excluding hydrogens is 280 g/mol. The number of carbonyl (C=O) groups excluding carboxylic acids is 3. The number of nitrogens with zero attached hydrogens (tertiary/aromatic N) is 1. The highest BCUT2D eigenvalue weighted by Gasteiger charge is 2.48. The molecule has 1 saturated heterocycles. The third-order valence-corrected chi connectivity index (χ3v) is 4.68. The maximum absolute atomic E-state index is 12.9. The van der Waals surface area contributed by atoms with Gasteiger partial charge in [0, 0.05) is 12.1 Å². The first-order valence-electron chi connectivity index (χ1n) is 7.67. The van der Waals surface area contributed by atoms with Crippen LogP contribution in [0.3, 0.4) is 0 Å². The number of aryl methyl sites for hydroxylation is 1. The number of fused-ring (bicyclic) bond motifs is 1. The van der Waals surface area contributed by atoms with Crippen LogP contribution in [0.15, 0.2) is 18.2 Å². The summed E-state index contributed by atoms with van der Waals surface area (Å²) >= 11 is 0. The van der Waals surface area contributed by atoms with Crippen molar-refractivity contribution in [1.29, 1.82) is 0 Å². The first-order chi connectivity index (χ1) is 10.4. The zero-order valence-electron chi connectivity index (χ0n) is 13.1. The van der Waals surface area contributed by atoms with Crippen molar-refractivity contribution >= 4 is 23.4 Å². The van der Waals surface area contributed by atoms with Crippen LogP contribution < -0.4 is 10.2 Å². The molecule has 3 rings (SSSR count). The molecule has 2 aliphatic rings. The molecule has 0 bridgehead atoms. The lowest BCUT2D eigenvalue weighted by Crippen LogP contribution is -2.55. The predicted octanol–water partition coefficient (Wildman–Crippen LogP) is 1.68. The van der Waals surface area contributed by atoms with Gasteiger partial charge >= 0.3 is 0 Å². The second-order valence-electron chi connectivity index (χ2n) is 6.47. The first-order valence-corrected chi connectivity index (χ1v) is 7.67. The van der Waals surface area contributed by atoms with Gasteiger partial charge in [-0.05, 0) is 43.9 Å². The van der Waals surface area contributed by atoms with Gasteiger partial charge in [-0.2, -0.15) is 0 Å². The minimum absolute atomic E-state index is 0.0785. The Labute approximate surface area is 129 Å². The van der Waals surface area contributed by atoms with E-state index in [1.165, 1.54) is 5.56 Å². The summed E-state index contributed by atoms with van der Waals surface area (Å²) in [4.78, 5) is 37.9. The Morgan fingerprint density at radius 2 is 2.00 bits per heavy atom. The van der Waals surface area contributed by atoms with E-state index in [2.05, 4.69) is 18.3 Å². The van der Waals surface area contributed by atoms with E-state index in [9.17, 15) is 14.4 Å². The zero-order chi connectivity index (χ0) is 16.1. The molecule has 2 heterocycles. The minimum Gasteiger partial charge on any atom is -0.299 e. The van der Waals surface area contributed by atoms with E-state index < -0.39 is 11.5 Å². The van der Waals surface area contributed by atoms with Crippen LogP contribution in [0.2, 0.25) is 0 Å². The molecule has 116 valence electrons. The molecule has 1 fully saturated rings. The van der Waals surface area contributed by atoms with Gasteiger partial charge < -0.3 is 0 Å². The number of rotatable bonds is 2. The molecule has 0 saturated carbocycles. The van der Waals surface area contributed by atoms with E-state index in [0.717, 1.165) is 17.7 Å². The molecule has 0 spiro atoms. The van der Waals surface area contributed by atoms with Gasteiger partial charge in [0.2, 0.25) is 17.7 Å². The average molecular weight is 300 g/mol. The maximum Gasteiger partial charge on any atom is 0.249 e. The minimum atomic E-state index is -0.651. The van der Waals surface area contributed by atoms with Gasteiger partial charge in [0.25, 0.3) is 0 Å². The zero-order valence-corrected chi connectivity index (χ0v) is 13.1. The molecule has 0 aliphatic carbocycles. The van der Waals surface area contributed by atoms with Gasteiger partial charge in [-0.1, -0.05) is 19.1 Å². The van der Waals surface area contributed by atoms with E-state index in [1.807, 2.05) is 26.0 Å². The Morgan fingerprint density at radius 3 is 2.64 bits per heavy atom. The summed E-state index contributed by atoms with van der Waals surface area (Å²) in [6, 6.07) is 5.37. The van der Waals surface area contributed by atoms with Gasteiger partial charge in [-0.15, -0.1) is 0 Å². The van der Waals surface area contributed by atoms with Crippen LogP contribution in [0.5, 0.6) is 0 Å². The van der Waals surface area contributed by atoms with Gasteiger partial charge in [0.05, 0.1) is 5.41 Å². The van der Waals surface area contributed by atoms with Crippen molar-refractivity contribution in [2.45, 2.75) is 51.5 Å². The number of nitrogens with one attached hydrogen (secondary N) is 1. The van der Waals surface area contributed by atoms with Crippen LogP contribution in [-0.4, -0.2) is 23.8 Å². The second kappa shape index (κ2) is 4.93. The van der Waals surface area contributed by atoms with Crippen LogP contribution in [0, 0.1) is 0 Å². The number of carbonyl (C=O) groups is 3. The standard InChI is InChI=1S/C17H20N2O3/c1-4-10-5-6-12-11(9-10)17(2,3)16(22)19(12)13-7-8-14(20)18-15(13)21/h5-6,9,13H,4,7-8H2,1-3H3,(H,18,20,21). The normalized spacial score (nSPS) is 23.5. The molecule has 1 atom stereocenters. The molecule has 5 nitrogen and oxygen atoms in total. The average Bonchev–Trinajstić information content (AvgIpc) is 2.67. The van der Waals surface area contributed by atoms with E-state index in [0.29, 0.717) is 6.42 Å². The Hall–Kier alpha value is -2.17. The third kappa shape index (κ3) is 2.03. The topological polar surface area (TPSA) is 66.5 Å². The summed E-state index contributed by atoms with van der Waals surface area (Å²) in [7, 11) is 0. The van der Waals surface area contributed by atoms with Crippen molar-refractivity contribution < 1.29 is 14.4 Å². The van der Waals surface area contributed by atoms with Crippen LogP contribution >= 0.6 is 0 Å². The molecular formula is C17H20N2O3. The van der Waals surface area contributed by atoms with Crippen molar-refractivity contribution in [2.75, 3.05) is 4.90 Å². The predicted molar refractivity (Wildman–Crippen MR) is 82.5 cm³/mol. The van der Waals surface area contributed by atoms with Crippen molar-refractivity contribution in [2.24, 2.45) is 0 Å². The summed E-state index contributed by atoms with van der Waals surface area (Å²) in [5, 5.41) is 2.34. The summed E-state index contributed by atoms with van der Waals surface area (Å²) < 4.78 is 0. The fraction of sp³-hybridized carbons (Fsp3) is 0.471. The number of imide groups is 1. The quantitative estimate of drug-likeness (QED) is 0.845. The summed E-state index contributed by atoms with van der Waals surface area (Å²) in [5.74, 6) is -0.730. The van der Waals surface area contributed by atoms with Crippen molar-refractivity contribution in [1.82, 2.24) is 5.32 Å². The van der Waals surface area contributed by atoms with Gasteiger partial charge in [0.15, 0.2) is 0 Å². The van der Waals surface area contributed by atoms with E-state index in [4.69, 9.17) is 0 Å². The fourth-order valence-corrected chi connectivity index (χ4v) is 3.28. The molecule has 1 N–H and O–H groups in total. The SMILES string of the molecule is CCc1ccc2c(c1)C(C)(C)C(=O)N2C1CCC(=O)NC1=O. The Morgan fingerprint density at radius 1 is 1.27 bits per heavy atom. The molecule has 2 aliphatic heterocycles. The smallest absolute Gasteiger partial charge is 0.249 e. The van der Waals surface area contributed by atoms with Crippen LogP contribution in [-0.2, 0) is 26.2 Å². The monoisotopic (exact) mass is 300 g/mol. The number of piperidine rings is 1. The van der Waals surface area contributed by atoms with Gasteiger partial charge in [-0.3, -0.25) is 24.6 Å². The van der Waals surface area contributed by atoms with Crippen molar-refractivity contribution in [3.63, 3.8) is 0 Å². The molecule has 22 heavy (non-hydrogen) atoms. The second-order valence-corrected chi connectivity index (χ2v) is 6.47. The van der Waals surface area contributed by atoms with Crippen LogP contribution in [0.25, 0.3) is 0 Å². The van der Waals surface area contributed by atoms with Gasteiger partial charge in [-0.25, -0.2) is 0 Å².